The topological polar surface area (TPSA) is 52.3 Å². The Kier molecular flexibility index (Phi) is 5.71. The highest BCUT2D eigenvalue weighted by Crippen LogP contribution is 2.31. The predicted molar refractivity (Wildman–Crippen MR) is 53.3 cm³/mol. The molecule has 1 atom stereocenters. The molecule has 0 spiro atoms. The van der Waals surface area contributed by atoms with Gasteiger partial charge in [-0.1, -0.05) is 20.3 Å². The molecule has 0 aliphatic carbocycles. The largest absolute Gasteiger partial charge is 0.469 e. The highest BCUT2D eigenvalue weighted by molar-refractivity contribution is 5.70. The van der Waals surface area contributed by atoms with Crippen molar-refractivity contribution in [3.8, 4) is 0 Å². The fourth-order valence-electron chi connectivity index (χ4n) is 1.62. The van der Waals surface area contributed by atoms with Crippen LogP contribution in [-0.2, 0) is 9.53 Å². The number of rotatable bonds is 6. The Labute approximate surface area is 80.6 Å². The number of ether oxygens (including phenoxy) is 1. The van der Waals surface area contributed by atoms with E-state index in [1.807, 2.05) is 0 Å². The maximum Gasteiger partial charge on any atom is 0.306 e. The zero-order chi connectivity index (χ0) is 10.3. The summed E-state index contributed by atoms with van der Waals surface area (Å²) in [4.78, 5) is 11.1. The summed E-state index contributed by atoms with van der Waals surface area (Å²) in [5, 5.41) is 0. The summed E-state index contributed by atoms with van der Waals surface area (Å²) < 4.78 is 4.66. The Morgan fingerprint density at radius 1 is 1.46 bits per heavy atom. The molecule has 0 aliphatic rings. The quantitative estimate of drug-likeness (QED) is 0.644. The van der Waals surface area contributed by atoms with Gasteiger partial charge in [0, 0.05) is 0 Å². The predicted octanol–water partition coefficient (Wildman–Crippen LogP) is 1.70. The first-order valence-electron chi connectivity index (χ1n) is 4.91. The third kappa shape index (κ3) is 3.77. The fraction of sp³-hybridized carbons (Fsp3) is 0.900. The second-order valence-electron chi connectivity index (χ2n) is 3.56. The number of esters is 1. The summed E-state index contributed by atoms with van der Waals surface area (Å²) in [6.07, 6.45) is 3.44. The molecule has 0 saturated carbocycles. The van der Waals surface area contributed by atoms with Crippen LogP contribution >= 0.6 is 0 Å². The molecule has 0 aromatic carbocycles. The van der Waals surface area contributed by atoms with Gasteiger partial charge in [-0.3, -0.25) is 4.79 Å². The molecule has 0 bridgehead atoms. The van der Waals surface area contributed by atoms with Crippen LogP contribution in [0.1, 0.15) is 39.5 Å². The van der Waals surface area contributed by atoms with E-state index in [1.54, 1.807) is 0 Å². The molecule has 0 fully saturated rings. The third-order valence-corrected chi connectivity index (χ3v) is 2.71. The zero-order valence-corrected chi connectivity index (χ0v) is 8.93. The smallest absolute Gasteiger partial charge is 0.306 e. The monoisotopic (exact) mass is 187 g/mol. The summed E-state index contributed by atoms with van der Waals surface area (Å²) in [5.74, 6) is -0.152. The number of nitrogens with two attached hydrogens (primary N) is 1. The van der Waals surface area contributed by atoms with Crippen LogP contribution in [0.5, 0.6) is 0 Å². The van der Waals surface area contributed by atoms with E-state index < -0.39 is 0 Å². The average Bonchev–Trinajstić information content (AvgIpc) is 2.17. The van der Waals surface area contributed by atoms with Crippen LogP contribution in [0.25, 0.3) is 0 Å². The molecule has 0 aliphatic heterocycles. The Morgan fingerprint density at radius 3 is 2.38 bits per heavy atom. The van der Waals surface area contributed by atoms with Crippen molar-refractivity contribution in [3.05, 3.63) is 0 Å². The summed E-state index contributed by atoms with van der Waals surface area (Å²) in [6.45, 7) is 4.75. The Hall–Kier alpha value is -0.570. The summed E-state index contributed by atoms with van der Waals surface area (Å²) in [6, 6.07) is 0. The lowest BCUT2D eigenvalue weighted by Crippen LogP contribution is -2.32. The lowest BCUT2D eigenvalue weighted by molar-refractivity contribution is -0.143. The van der Waals surface area contributed by atoms with Crippen LogP contribution in [0.4, 0.5) is 0 Å². The Balaban J connectivity index is 4.28. The van der Waals surface area contributed by atoms with E-state index in [0.29, 0.717) is 13.0 Å². The Bertz CT molecular complexity index is 153. The van der Waals surface area contributed by atoms with Crippen molar-refractivity contribution in [1.82, 2.24) is 0 Å². The zero-order valence-electron chi connectivity index (χ0n) is 8.93. The molecule has 0 heterocycles. The van der Waals surface area contributed by atoms with Gasteiger partial charge in [0.15, 0.2) is 0 Å². The van der Waals surface area contributed by atoms with Crippen molar-refractivity contribution in [2.45, 2.75) is 39.5 Å². The molecule has 2 N–H and O–H groups in total. The molecule has 3 nitrogen and oxygen atoms in total. The molecule has 3 heteroatoms. The van der Waals surface area contributed by atoms with E-state index >= 15 is 0 Å². The first-order chi connectivity index (χ1) is 6.14. The molecule has 0 aromatic rings. The van der Waals surface area contributed by atoms with E-state index in [1.165, 1.54) is 7.11 Å². The summed E-state index contributed by atoms with van der Waals surface area (Å²) >= 11 is 0. The minimum Gasteiger partial charge on any atom is -0.469 e. The lowest BCUT2D eigenvalue weighted by atomic mass is 9.78. The highest BCUT2D eigenvalue weighted by atomic mass is 16.5. The van der Waals surface area contributed by atoms with Gasteiger partial charge < -0.3 is 10.5 Å². The third-order valence-electron chi connectivity index (χ3n) is 2.71. The van der Waals surface area contributed by atoms with Gasteiger partial charge in [-0.05, 0) is 24.8 Å². The molecular formula is C10H21NO2. The van der Waals surface area contributed by atoms with E-state index in [4.69, 9.17) is 5.73 Å². The SMILES string of the molecule is CCCC(CC)(CN)CC(=O)OC. The molecule has 0 aromatic heterocycles. The molecule has 0 rings (SSSR count). The molecule has 0 amide bonds. The van der Waals surface area contributed by atoms with Gasteiger partial charge in [-0.25, -0.2) is 0 Å². The van der Waals surface area contributed by atoms with Crippen molar-refractivity contribution in [3.63, 3.8) is 0 Å². The van der Waals surface area contributed by atoms with Crippen molar-refractivity contribution in [2.75, 3.05) is 13.7 Å². The van der Waals surface area contributed by atoms with Crippen LogP contribution < -0.4 is 5.73 Å². The maximum atomic E-state index is 11.1. The lowest BCUT2D eigenvalue weighted by Gasteiger charge is -2.29. The number of hydrogen-bond donors (Lipinski definition) is 1. The van der Waals surface area contributed by atoms with E-state index in [9.17, 15) is 4.79 Å². The number of carbonyl (C=O) groups excluding carboxylic acids is 1. The van der Waals surface area contributed by atoms with Crippen molar-refractivity contribution < 1.29 is 9.53 Å². The minimum atomic E-state index is -0.152. The molecule has 78 valence electrons. The van der Waals surface area contributed by atoms with Gasteiger partial charge >= 0.3 is 5.97 Å². The van der Waals surface area contributed by atoms with Gasteiger partial charge in [0.25, 0.3) is 0 Å². The average molecular weight is 187 g/mol. The van der Waals surface area contributed by atoms with Crippen LogP contribution in [0.15, 0.2) is 0 Å². The van der Waals surface area contributed by atoms with Gasteiger partial charge in [-0.2, -0.15) is 0 Å². The maximum absolute atomic E-state index is 11.1. The highest BCUT2D eigenvalue weighted by Gasteiger charge is 2.28. The normalized spacial score (nSPS) is 15.1. The number of carbonyl (C=O) groups is 1. The van der Waals surface area contributed by atoms with Crippen LogP contribution in [-0.4, -0.2) is 19.6 Å². The van der Waals surface area contributed by atoms with Gasteiger partial charge in [-0.15, -0.1) is 0 Å². The first-order valence-corrected chi connectivity index (χ1v) is 4.91. The van der Waals surface area contributed by atoms with Crippen LogP contribution in [0, 0.1) is 5.41 Å². The van der Waals surface area contributed by atoms with Gasteiger partial charge in [0.05, 0.1) is 13.5 Å². The van der Waals surface area contributed by atoms with Gasteiger partial charge in [0.2, 0.25) is 0 Å². The molecular weight excluding hydrogens is 166 g/mol. The van der Waals surface area contributed by atoms with E-state index in [2.05, 4.69) is 18.6 Å². The molecule has 13 heavy (non-hydrogen) atoms. The molecule has 0 radical (unpaired) electrons. The molecule has 1 unspecified atom stereocenters. The van der Waals surface area contributed by atoms with Crippen LogP contribution in [0.3, 0.4) is 0 Å². The minimum absolute atomic E-state index is 0.0398. The fourth-order valence-corrected chi connectivity index (χ4v) is 1.62. The van der Waals surface area contributed by atoms with E-state index in [0.717, 1.165) is 19.3 Å². The number of hydrogen-bond acceptors (Lipinski definition) is 3. The van der Waals surface area contributed by atoms with Gasteiger partial charge in [0.1, 0.15) is 0 Å². The van der Waals surface area contributed by atoms with Crippen molar-refractivity contribution in [1.29, 1.82) is 0 Å². The standard InChI is InChI=1S/C10H21NO2/c1-4-6-10(5-2,8-11)7-9(12)13-3/h4-8,11H2,1-3H3. The second kappa shape index (κ2) is 5.97. The van der Waals surface area contributed by atoms with Crippen LogP contribution in [0.2, 0.25) is 0 Å². The van der Waals surface area contributed by atoms with Crippen molar-refractivity contribution in [2.24, 2.45) is 11.1 Å². The van der Waals surface area contributed by atoms with E-state index in [-0.39, 0.29) is 11.4 Å². The first kappa shape index (κ1) is 12.4. The summed E-state index contributed by atoms with van der Waals surface area (Å²) in [7, 11) is 1.42. The number of methoxy groups -OCH3 is 1. The summed E-state index contributed by atoms with van der Waals surface area (Å²) in [5.41, 5.74) is 5.66. The molecule has 0 saturated heterocycles. The second-order valence-corrected chi connectivity index (χ2v) is 3.56. The van der Waals surface area contributed by atoms with Crippen molar-refractivity contribution >= 4 is 5.97 Å². The Morgan fingerprint density at radius 2 is 2.08 bits per heavy atom.